The molecule has 5 aromatic rings. The minimum absolute atomic E-state index is 0.0912. The van der Waals surface area contributed by atoms with E-state index in [9.17, 15) is 4.79 Å². The summed E-state index contributed by atoms with van der Waals surface area (Å²) < 4.78 is 13.0. The average Bonchev–Trinajstić information content (AvgIpc) is 3.65. The number of para-hydroxylation sites is 1. The topological polar surface area (TPSA) is 116 Å². The number of aromatic nitrogens is 3. The number of hydrogen-bond acceptors (Lipinski definition) is 9. The van der Waals surface area contributed by atoms with Crippen LogP contribution in [0.15, 0.2) is 85.3 Å². The van der Waals surface area contributed by atoms with Crippen molar-refractivity contribution in [3.63, 3.8) is 0 Å². The Morgan fingerprint density at radius 3 is 2.88 bits per heavy atom. The number of hydrazone groups is 1. The molecule has 0 saturated heterocycles. The van der Waals surface area contributed by atoms with Crippen LogP contribution in [-0.4, -0.2) is 37.3 Å². The molecule has 1 unspecified atom stereocenters. The maximum absolute atomic E-state index is 13.2. The average molecular weight is 491 g/mol. The highest BCUT2D eigenvalue weighted by Crippen LogP contribution is 2.35. The third-order valence-electron chi connectivity index (χ3n) is 5.48. The molecule has 1 aliphatic heterocycles. The fourth-order valence-electron chi connectivity index (χ4n) is 3.86. The van der Waals surface area contributed by atoms with Crippen molar-refractivity contribution in [2.75, 3.05) is 11.6 Å². The highest BCUT2D eigenvalue weighted by atomic mass is 32.2. The Kier molecular flexibility index (Phi) is 5.19. The van der Waals surface area contributed by atoms with E-state index in [0.717, 1.165) is 15.8 Å². The number of hydrogen-bond donors (Lipinski definition) is 1. The van der Waals surface area contributed by atoms with Gasteiger partial charge < -0.3 is 14.7 Å². The first-order chi connectivity index (χ1) is 16.7. The monoisotopic (exact) mass is 490 g/mol. The van der Waals surface area contributed by atoms with Crippen LogP contribution in [0, 0.1) is 0 Å². The van der Waals surface area contributed by atoms with Crippen molar-refractivity contribution < 1.29 is 13.6 Å². The summed E-state index contributed by atoms with van der Waals surface area (Å²) in [5.41, 5.74) is 1.47. The van der Waals surface area contributed by atoms with Crippen LogP contribution in [0.25, 0.3) is 21.7 Å². The Bertz CT molecular complexity index is 1450. The maximum atomic E-state index is 13.2. The van der Waals surface area contributed by atoms with Crippen LogP contribution in [0.4, 0.5) is 0 Å². The highest BCUT2D eigenvalue weighted by Gasteiger charge is 2.36. The van der Waals surface area contributed by atoms with Crippen molar-refractivity contribution in [3.8, 4) is 10.7 Å². The molecule has 6 rings (SSSR count). The van der Waals surface area contributed by atoms with Gasteiger partial charge in [-0.1, -0.05) is 36.0 Å². The van der Waals surface area contributed by atoms with Crippen molar-refractivity contribution in [1.29, 1.82) is 0 Å². The lowest BCUT2D eigenvalue weighted by atomic mass is 10.1. The van der Waals surface area contributed by atoms with E-state index in [4.69, 9.17) is 14.7 Å². The second-order valence-electron chi connectivity index (χ2n) is 7.61. The first-order valence-corrected chi connectivity index (χ1v) is 12.3. The molecule has 1 atom stereocenters. The van der Waals surface area contributed by atoms with E-state index in [1.807, 2.05) is 53.9 Å². The lowest BCUT2D eigenvalue weighted by molar-refractivity contribution is -0.130. The van der Waals surface area contributed by atoms with Gasteiger partial charge in [-0.15, -0.1) is 21.5 Å². The van der Waals surface area contributed by atoms with Gasteiger partial charge in [0.25, 0.3) is 5.91 Å². The molecule has 11 heteroatoms. The van der Waals surface area contributed by atoms with Gasteiger partial charge in [0.15, 0.2) is 11.6 Å². The van der Waals surface area contributed by atoms with Crippen LogP contribution < -0.4 is 5.84 Å². The summed E-state index contributed by atoms with van der Waals surface area (Å²) in [6.45, 7) is 0. The molecule has 0 radical (unpaired) electrons. The molecule has 34 heavy (non-hydrogen) atoms. The number of benzene rings is 1. The molecular formula is C23H18N6O3S2. The standard InChI is InChI=1S/C23H18N6O3S2/c24-28-22(20-8-4-10-33-20)25-26-23(28)34-13-21(30)29-16(18-7-3-9-31-18)12-15(27-29)19-11-14-5-1-2-6-17(14)32-19/h1-11,16H,12-13,24H2. The van der Waals surface area contributed by atoms with Gasteiger partial charge in [-0.05, 0) is 35.7 Å². The predicted octanol–water partition coefficient (Wildman–Crippen LogP) is 4.53. The van der Waals surface area contributed by atoms with Gasteiger partial charge in [0.2, 0.25) is 5.16 Å². The van der Waals surface area contributed by atoms with Gasteiger partial charge in [0, 0.05) is 11.8 Å². The molecule has 9 nitrogen and oxygen atoms in total. The Labute approximate surface area is 201 Å². The summed E-state index contributed by atoms with van der Waals surface area (Å²) in [7, 11) is 0. The molecule has 0 aliphatic carbocycles. The predicted molar refractivity (Wildman–Crippen MR) is 130 cm³/mol. The molecule has 2 N–H and O–H groups in total. The Hall–Kier alpha value is -3.83. The number of thioether (sulfide) groups is 1. The van der Waals surface area contributed by atoms with Gasteiger partial charge in [0.1, 0.15) is 23.1 Å². The fourth-order valence-corrected chi connectivity index (χ4v) is 5.27. The van der Waals surface area contributed by atoms with Crippen LogP contribution in [-0.2, 0) is 4.79 Å². The van der Waals surface area contributed by atoms with Crippen molar-refractivity contribution in [2.24, 2.45) is 5.10 Å². The number of furan rings is 2. The van der Waals surface area contributed by atoms with Gasteiger partial charge in [-0.25, -0.2) is 9.69 Å². The van der Waals surface area contributed by atoms with Crippen LogP contribution in [0.1, 0.15) is 24.0 Å². The fraction of sp³-hybridized carbons (Fsp3) is 0.130. The van der Waals surface area contributed by atoms with E-state index >= 15 is 0 Å². The van der Waals surface area contributed by atoms with Crippen molar-refractivity contribution in [1.82, 2.24) is 19.9 Å². The molecule has 1 amide bonds. The van der Waals surface area contributed by atoms with Gasteiger partial charge >= 0.3 is 0 Å². The van der Waals surface area contributed by atoms with Crippen LogP contribution in [0.2, 0.25) is 0 Å². The Morgan fingerprint density at radius 1 is 1.18 bits per heavy atom. The number of carbonyl (C=O) groups excluding carboxylic acids is 1. The van der Waals surface area contributed by atoms with E-state index in [1.54, 1.807) is 12.3 Å². The van der Waals surface area contributed by atoms with Crippen molar-refractivity contribution in [3.05, 3.63) is 77.8 Å². The minimum atomic E-state index is -0.358. The molecule has 1 aromatic carbocycles. The number of carbonyl (C=O) groups is 1. The number of thiophene rings is 1. The van der Waals surface area contributed by atoms with Crippen LogP contribution in [0.3, 0.4) is 0 Å². The third-order valence-corrected chi connectivity index (χ3v) is 7.27. The first kappa shape index (κ1) is 20.8. The summed E-state index contributed by atoms with van der Waals surface area (Å²) in [6.07, 6.45) is 2.08. The van der Waals surface area contributed by atoms with Crippen molar-refractivity contribution in [2.45, 2.75) is 17.6 Å². The molecule has 1 aliphatic rings. The Morgan fingerprint density at radius 2 is 2.09 bits per heavy atom. The van der Waals surface area contributed by atoms with Gasteiger partial charge in [-0.3, -0.25) is 4.79 Å². The molecule has 0 fully saturated rings. The second kappa shape index (κ2) is 8.50. The van der Waals surface area contributed by atoms with E-state index < -0.39 is 0 Å². The minimum Gasteiger partial charge on any atom is -0.467 e. The van der Waals surface area contributed by atoms with E-state index in [2.05, 4.69) is 15.3 Å². The van der Waals surface area contributed by atoms with Gasteiger partial charge in [-0.2, -0.15) is 5.10 Å². The summed E-state index contributed by atoms with van der Waals surface area (Å²) in [5, 5.41) is 17.8. The number of fused-ring (bicyclic) bond motifs is 1. The zero-order valence-electron chi connectivity index (χ0n) is 17.7. The zero-order chi connectivity index (χ0) is 23.1. The molecule has 0 saturated carbocycles. The lowest BCUT2D eigenvalue weighted by Crippen LogP contribution is -2.28. The second-order valence-corrected chi connectivity index (χ2v) is 9.50. The third kappa shape index (κ3) is 3.68. The molecule has 170 valence electrons. The largest absolute Gasteiger partial charge is 0.467 e. The zero-order valence-corrected chi connectivity index (χ0v) is 19.3. The van der Waals surface area contributed by atoms with E-state index in [-0.39, 0.29) is 17.7 Å². The first-order valence-electron chi connectivity index (χ1n) is 10.5. The van der Waals surface area contributed by atoms with Crippen LogP contribution >= 0.6 is 23.1 Å². The molecule has 5 heterocycles. The number of rotatable bonds is 6. The normalized spacial score (nSPS) is 15.8. The Balaban J connectivity index is 1.24. The maximum Gasteiger partial charge on any atom is 0.253 e. The quantitative estimate of drug-likeness (QED) is 0.275. The smallest absolute Gasteiger partial charge is 0.253 e. The van der Waals surface area contributed by atoms with Crippen LogP contribution in [0.5, 0.6) is 0 Å². The number of nitrogen functional groups attached to an aromatic ring is 1. The SMILES string of the molecule is Nn1c(SCC(=O)N2N=C(c3cc4ccccc4o3)CC2c2ccco2)nnc1-c1cccs1. The van der Waals surface area contributed by atoms with E-state index in [1.165, 1.54) is 32.8 Å². The molecule has 4 aromatic heterocycles. The molecule has 0 bridgehead atoms. The highest BCUT2D eigenvalue weighted by molar-refractivity contribution is 7.99. The molecule has 0 spiro atoms. The van der Waals surface area contributed by atoms with E-state index in [0.29, 0.717) is 34.6 Å². The number of amides is 1. The van der Waals surface area contributed by atoms with Crippen molar-refractivity contribution >= 4 is 45.7 Å². The lowest BCUT2D eigenvalue weighted by Gasteiger charge is -2.19. The summed E-state index contributed by atoms with van der Waals surface area (Å²) >= 11 is 2.74. The number of nitrogens with zero attached hydrogens (tertiary/aromatic N) is 5. The van der Waals surface area contributed by atoms with Gasteiger partial charge in [0.05, 0.1) is 16.9 Å². The summed E-state index contributed by atoms with van der Waals surface area (Å²) in [4.78, 5) is 14.2. The summed E-state index contributed by atoms with van der Waals surface area (Å²) in [5.74, 6) is 7.93. The number of nitrogens with two attached hydrogens (primary N) is 1. The summed E-state index contributed by atoms with van der Waals surface area (Å²) in [6, 6.07) is 16.8. The molecular weight excluding hydrogens is 472 g/mol.